The van der Waals surface area contributed by atoms with E-state index >= 15 is 0 Å². The molecule has 0 radical (unpaired) electrons. The Labute approximate surface area is 136 Å². The predicted molar refractivity (Wildman–Crippen MR) is 85.1 cm³/mol. The minimum atomic E-state index is -3.47. The minimum absolute atomic E-state index is 0. The third-order valence-electron chi connectivity index (χ3n) is 2.93. The average molecular weight is 435 g/mol. The molecular formula is C11H15Br2ClN2O2S. The van der Waals surface area contributed by atoms with E-state index in [1.165, 1.54) is 4.31 Å². The second-order valence-corrected chi connectivity index (χ2v) is 8.02. The summed E-state index contributed by atoms with van der Waals surface area (Å²) in [5.41, 5.74) is 5.84. The molecule has 0 saturated carbocycles. The van der Waals surface area contributed by atoms with Crippen LogP contribution < -0.4 is 5.73 Å². The van der Waals surface area contributed by atoms with E-state index < -0.39 is 10.0 Å². The summed E-state index contributed by atoms with van der Waals surface area (Å²) in [6, 6.07) is 5.06. The summed E-state index contributed by atoms with van der Waals surface area (Å²) in [5.74, 6) is 0. The zero-order valence-corrected chi connectivity index (χ0v) is 14.9. The Balaban J connectivity index is 0.00000180. The van der Waals surface area contributed by atoms with Crippen LogP contribution in [0.5, 0.6) is 0 Å². The molecule has 0 bridgehead atoms. The first-order chi connectivity index (χ1) is 8.41. The summed E-state index contributed by atoms with van der Waals surface area (Å²) in [5, 5.41) is 0. The van der Waals surface area contributed by atoms with Crippen molar-refractivity contribution in [2.75, 3.05) is 13.1 Å². The fourth-order valence-electron chi connectivity index (χ4n) is 2.01. The highest BCUT2D eigenvalue weighted by atomic mass is 79.9. The van der Waals surface area contributed by atoms with Gasteiger partial charge in [0.1, 0.15) is 0 Å². The third-order valence-corrected chi connectivity index (χ3v) is 6.28. The molecule has 4 nitrogen and oxygen atoms in total. The molecule has 0 aliphatic carbocycles. The molecular weight excluding hydrogens is 419 g/mol. The maximum atomic E-state index is 12.5. The molecule has 108 valence electrons. The highest BCUT2D eigenvalue weighted by molar-refractivity contribution is 9.11. The molecule has 2 rings (SSSR count). The van der Waals surface area contributed by atoms with Crippen LogP contribution in [0.1, 0.15) is 12.8 Å². The first-order valence-electron chi connectivity index (χ1n) is 5.62. The number of hydrogen-bond donors (Lipinski definition) is 1. The summed E-state index contributed by atoms with van der Waals surface area (Å²) in [6.07, 6.45) is 1.69. The molecule has 1 aromatic rings. The molecule has 1 aliphatic heterocycles. The Bertz CT molecular complexity index is 554. The quantitative estimate of drug-likeness (QED) is 0.779. The fraction of sp³-hybridized carbons (Fsp3) is 0.455. The van der Waals surface area contributed by atoms with Gasteiger partial charge in [0.25, 0.3) is 0 Å². The normalized spacial score (nSPS) is 20.9. The lowest BCUT2D eigenvalue weighted by Gasteiger charge is -2.30. The van der Waals surface area contributed by atoms with Crippen molar-refractivity contribution in [2.45, 2.75) is 23.8 Å². The molecule has 1 aliphatic rings. The van der Waals surface area contributed by atoms with Crippen molar-refractivity contribution in [3.05, 3.63) is 27.1 Å². The maximum Gasteiger partial charge on any atom is 0.244 e. The number of halogens is 3. The van der Waals surface area contributed by atoms with Crippen molar-refractivity contribution in [3.63, 3.8) is 0 Å². The Morgan fingerprint density at radius 3 is 2.63 bits per heavy atom. The molecule has 19 heavy (non-hydrogen) atoms. The third kappa shape index (κ3) is 3.92. The van der Waals surface area contributed by atoms with Crippen LogP contribution in [-0.2, 0) is 10.0 Å². The van der Waals surface area contributed by atoms with E-state index in [-0.39, 0.29) is 23.3 Å². The van der Waals surface area contributed by atoms with Gasteiger partial charge in [-0.25, -0.2) is 8.42 Å². The van der Waals surface area contributed by atoms with E-state index in [1.807, 2.05) is 0 Å². The summed E-state index contributed by atoms with van der Waals surface area (Å²) >= 11 is 6.59. The topological polar surface area (TPSA) is 63.4 Å². The zero-order valence-electron chi connectivity index (χ0n) is 10.1. The van der Waals surface area contributed by atoms with Gasteiger partial charge in [0, 0.05) is 28.1 Å². The maximum absolute atomic E-state index is 12.5. The molecule has 0 aromatic heterocycles. The van der Waals surface area contributed by atoms with Crippen molar-refractivity contribution >= 4 is 54.3 Å². The van der Waals surface area contributed by atoms with Gasteiger partial charge in [-0.3, -0.25) is 0 Å². The Morgan fingerprint density at radius 2 is 2.00 bits per heavy atom. The van der Waals surface area contributed by atoms with Crippen LogP contribution in [-0.4, -0.2) is 31.9 Å². The lowest BCUT2D eigenvalue weighted by Crippen LogP contribution is -2.45. The number of nitrogens with two attached hydrogens (primary N) is 1. The van der Waals surface area contributed by atoms with Gasteiger partial charge >= 0.3 is 0 Å². The van der Waals surface area contributed by atoms with E-state index in [0.717, 1.165) is 17.3 Å². The molecule has 1 atom stereocenters. The molecule has 1 fully saturated rings. The first-order valence-corrected chi connectivity index (χ1v) is 8.64. The number of piperidine rings is 1. The number of nitrogens with zero attached hydrogens (tertiary/aromatic N) is 1. The summed E-state index contributed by atoms with van der Waals surface area (Å²) in [4.78, 5) is 0.283. The van der Waals surface area contributed by atoms with E-state index in [9.17, 15) is 8.42 Å². The number of benzene rings is 1. The van der Waals surface area contributed by atoms with Crippen molar-refractivity contribution in [1.29, 1.82) is 0 Å². The SMILES string of the molecule is Cl.NC1CCCN(S(=O)(=O)c2cc(Br)ccc2Br)C1. The average Bonchev–Trinajstić information content (AvgIpc) is 2.32. The lowest BCUT2D eigenvalue weighted by atomic mass is 10.1. The first kappa shape index (κ1) is 17.4. The van der Waals surface area contributed by atoms with Crippen LogP contribution in [0, 0.1) is 0 Å². The van der Waals surface area contributed by atoms with E-state index in [2.05, 4.69) is 31.9 Å². The molecule has 0 amide bonds. The van der Waals surface area contributed by atoms with Gasteiger partial charge in [-0.15, -0.1) is 12.4 Å². The molecule has 2 N–H and O–H groups in total. The van der Waals surface area contributed by atoms with Crippen LogP contribution in [0.4, 0.5) is 0 Å². The molecule has 1 unspecified atom stereocenters. The van der Waals surface area contributed by atoms with Crippen LogP contribution in [0.15, 0.2) is 32.0 Å². The second kappa shape index (κ2) is 6.87. The fourth-order valence-corrected chi connectivity index (χ4v) is 5.00. The van der Waals surface area contributed by atoms with E-state index in [4.69, 9.17) is 5.73 Å². The Hall–Kier alpha value is 0.340. The van der Waals surface area contributed by atoms with Gasteiger partial charge in [0.15, 0.2) is 0 Å². The number of sulfonamides is 1. The predicted octanol–water partition coefficient (Wildman–Crippen LogP) is 2.75. The smallest absolute Gasteiger partial charge is 0.244 e. The summed E-state index contributed by atoms with van der Waals surface area (Å²) in [7, 11) is -3.47. The van der Waals surface area contributed by atoms with Crippen LogP contribution in [0.25, 0.3) is 0 Å². The summed E-state index contributed by atoms with van der Waals surface area (Å²) < 4.78 is 27.8. The Kier molecular flexibility index (Phi) is 6.28. The highest BCUT2D eigenvalue weighted by Crippen LogP contribution is 2.29. The second-order valence-electron chi connectivity index (χ2n) is 4.34. The van der Waals surface area contributed by atoms with Crippen molar-refractivity contribution in [2.24, 2.45) is 5.73 Å². The van der Waals surface area contributed by atoms with Gasteiger partial charge in [0.05, 0.1) is 4.90 Å². The highest BCUT2D eigenvalue weighted by Gasteiger charge is 2.30. The standard InChI is InChI=1S/C11H14Br2N2O2S.ClH/c12-8-3-4-10(13)11(6-8)18(16,17)15-5-1-2-9(14)7-15;/h3-4,6,9H,1-2,5,7,14H2;1H. The Morgan fingerprint density at radius 1 is 1.32 bits per heavy atom. The molecule has 1 saturated heterocycles. The number of hydrogen-bond acceptors (Lipinski definition) is 3. The van der Waals surface area contributed by atoms with Crippen LogP contribution in [0.3, 0.4) is 0 Å². The molecule has 1 aromatic carbocycles. The van der Waals surface area contributed by atoms with Gasteiger partial charge in [-0.05, 0) is 47.0 Å². The molecule has 8 heteroatoms. The van der Waals surface area contributed by atoms with E-state index in [1.54, 1.807) is 18.2 Å². The van der Waals surface area contributed by atoms with Crippen LogP contribution in [0.2, 0.25) is 0 Å². The van der Waals surface area contributed by atoms with Gasteiger partial charge in [-0.2, -0.15) is 4.31 Å². The van der Waals surface area contributed by atoms with E-state index in [0.29, 0.717) is 17.6 Å². The zero-order chi connectivity index (χ0) is 13.3. The number of rotatable bonds is 2. The van der Waals surface area contributed by atoms with Gasteiger partial charge < -0.3 is 5.73 Å². The lowest BCUT2D eigenvalue weighted by molar-refractivity contribution is 0.316. The van der Waals surface area contributed by atoms with Crippen molar-refractivity contribution < 1.29 is 8.42 Å². The molecule has 0 spiro atoms. The minimum Gasteiger partial charge on any atom is -0.327 e. The largest absolute Gasteiger partial charge is 0.327 e. The van der Waals surface area contributed by atoms with Gasteiger partial charge in [-0.1, -0.05) is 15.9 Å². The van der Waals surface area contributed by atoms with Crippen LogP contribution >= 0.6 is 44.3 Å². The van der Waals surface area contributed by atoms with Gasteiger partial charge in [0.2, 0.25) is 10.0 Å². The monoisotopic (exact) mass is 432 g/mol. The van der Waals surface area contributed by atoms with Crippen molar-refractivity contribution in [1.82, 2.24) is 4.31 Å². The molecule has 1 heterocycles. The summed E-state index contributed by atoms with van der Waals surface area (Å²) in [6.45, 7) is 0.927. The van der Waals surface area contributed by atoms with Crippen molar-refractivity contribution in [3.8, 4) is 0 Å².